The van der Waals surface area contributed by atoms with Gasteiger partial charge in [0.2, 0.25) is 0 Å². The third-order valence-corrected chi connectivity index (χ3v) is 6.11. The third-order valence-electron chi connectivity index (χ3n) is 6.11. The highest BCUT2D eigenvalue weighted by atomic mass is 19.4. The van der Waals surface area contributed by atoms with E-state index in [4.69, 9.17) is 0 Å². The van der Waals surface area contributed by atoms with Crippen molar-refractivity contribution in [1.82, 2.24) is 25.1 Å². The molecule has 0 radical (unpaired) electrons. The van der Waals surface area contributed by atoms with Crippen LogP contribution >= 0.6 is 0 Å². The molecule has 0 amide bonds. The van der Waals surface area contributed by atoms with Gasteiger partial charge in [-0.05, 0) is 36.6 Å². The van der Waals surface area contributed by atoms with Crippen molar-refractivity contribution in [1.29, 1.82) is 0 Å². The molecule has 6 nitrogen and oxygen atoms in total. The Kier molecular flexibility index (Phi) is 5.49. The number of nitrogens with zero attached hydrogens (tertiary/aromatic N) is 5. The molecule has 1 aliphatic rings. The van der Waals surface area contributed by atoms with Crippen molar-refractivity contribution in [3.8, 4) is 11.3 Å². The fraction of sp³-hybridized carbons (Fsp3) is 0.292. The molecule has 1 atom stereocenters. The molecule has 0 bridgehead atoms. The largest absolute Gasteiger partial charge is 0.417 e. The zero-order valence-electron chi connectivity index (χ0n) is 18.0. The summed E-state index contributed by atoms with van der Waals surface area (Å²) in [6.45, 7) is 5.04. The van der Waals surface area contributed by atoms with Gasteiger partial charge in [-0.1, -0.05) is 12.1 Å². The Morgan fingerprint density at radius 1 is 1.06 bits per heavy atom. The molecule has 33 heavy (non-hydrogen) atoms. The molecule has 1 fully saturated rings. The zero-order valence-corrected chi connectivity index (χ0v) is 18.0. The average molecular weight is 452 g/mol. The number of hydrogen-bond acceptors (Lipinski definition) is 5. The molecule has 4 aromatic rings. The van der Waals surface area contributed by atoms with Gasteiger partial charge in [0.1, 0.15) is 5.82 Å². The van der Waals surface area contributed by atoms with Crippen molar-refractivity contribution >= 4 is 16.6 Å². The van der Waals surface area contributed by atoms with Crippen LogP contribution in [0.15, 0.2) is 61.2 Å². The van der Waals surface area contributed by atoms with Gasteiger partial charge in [-0.25, -0.2) is 4.98 Å². The molecule has 3 aromatic heterocycles. The van der Waals surface area contributed by atoms with Crippen LogP contribution in [0.4, 0.5) is 19.0 Å². The molecule has 0 saturated carbocycles. The summed E-state index contributed by atoms with van der Waals surface area (Å²) in [5.74, 6) is 0.573. The van der Waals surface area contributed by atoms with Gasteiger partial charge in [-0.2, -0.15) is 18.3 Å². The maximum Gasteiger partial charge on any atom is 0.417 e. The highest BCUT2D eigenvalue weighted by Gasteiger charge is 2.32. The lowest BCUT2D eigenvalue weighted by Gasteiger charge is -2.40. The molecule has 1 saturated heterocycles. The average Bonchev–Trinajstić information content (AvgIpc) is 3.26. The molecule has 1 N–H and O–H groups in total. The predicted molar refractivity (Wildman–Crippen MR) is 121 cm³/mol. The first kappa shape index (κ1) is 21.4. The smallest absolute Gasteiger partial charge is 0.351 e. The molecular weight excluding hydrogens is 429 g/mol. The summed E-state index contributed by atoms with van der Waals surface area (Å²) in [4.78, 5) is 12.7. The molecule has 170 valence electrons. The number of H-pyrrole nitrogens is 1. The van der Waals surface area contributed by atoms with E-state index in [1.165, 1.54) is 6.07 Å². The molecule has 9 heteroatoms. The van der Waals surface area contributed by atoms with Crippen molar-refractivity contribution in [3.63, 3.8) is 0 Å². The highest BCUT2D eigenvalue weighted by Crippen LogP contribution is 2.30. The normalized spacial score (nSPS) is 17.6. The van der Waals surface area contributed by atoms with E-state index >= 15 is 0 Å². The predicted octanol–water partition coefficient (Wildman–Crippen LogP) is 4.75. The Morgan fingerprint density at radius 2 is 1.94 bits per heavy atom. The van der Waals surface area contributed by atoms with Crippen molar-refractivity contribution in [2.24, 2.45) is 0 Å². The molecule has 0 spiro atoms. The van der Waals surface area contributed by atoms with Crippen LogP contribution in [0.25, 0.3) is 22.0 Å². The summed E-state index contributed by atoms with van der Waals surface area (Å²) in [6, 6.07) is 10.9. The first-order valence-electron chi connectivity index (χ1n) is 10.8. The minimum Gasteiger partial charge on any atom is -0.351 e. The van der Waals surface area contributed by atoms with E-state index < -0.39 is 11.7 Å². The number of hydrogen-bond donors (Lipinski definition) is 1. The number of anilines is 1. The maximum absolute atomic E-state index is 12.8. The fourth-order valence-electron chi connectivity index (χ4n) is 4.40. The van der Waals surface area contributed by atoms with Crippen molar-refractivity contribution < 1.29 is 13.2 Å². The molecule has 5 rings (SSSR count). The van der Waals surface area contributed by atoms with Crippen LogP contribution in [-0.2, 0) is 12.7 Å². The maximum atomic E-state index is 12.8. The number of halogens is 3. The Hall–Kier alpha value is -3.46. The quantitative estimate of drug-likeness (QED) is 0.484. The van der Waals surface area contributed by atoms with Gasteiger partial charge in [0.05, 0.1) is 11.3 Å². The molecule has 4 heterocycles. The number of piperazine rings is 1. The van der Waals surface area contributed by atoms with Gasteiger partial charge < -0.3 is 4.90 Å². The Bertz CT molecular complexity index is 1250. The second-order valence-corrected chi connectivity index (χ2v) is 8.38. The van der Waals surface area contributed by atoms with E-state index in [1.807, 2.05) is 18.5 Å². The first-order valence-corrected chi connectivity index (χ1v) is 10.8. The minimum absolute atomic E-state index is 0.116. The van der Waals surface area contributed by atoms with Gasteiger partial charge in [0.15, 0.2) is 0 Å². The summed E-state index contributed by atoms with van der Waals surface area (Å²) in [7, 11) is 0. The van der Waals surface area contributed by atoms with Gasteiger partial charge in [0, 0.05) is 73.5 Å². The second-order valence-electron chi connectivity index (χ2n) is 8.38. The van der Waals surface area contributed by atoms with E-state index in [2.05, 4.69) is 55.1 Å². The van der Waals surface area contributed by atoms with E-state index in [9.17, 15) is 13.2 Å². The lowest BCUT2D eigenvalue weighted by atomic mass is 10.0. The zero-order chi connectivity index (χ0) is 23.0. The van der Waals surface area contributed by atoms with Crippen molar-refractivity contribution in [2.45, 2.75) is 25.7 Å². The van der Waals surface area contributed by atoms with E-state index in [1.54, 1.807) is 6.20 Å². The van der Waals surface area contributed by atoms with Crippen LogP contribution < -0.4 is 4.90 Å². The van der Waals surface area contributed by atoms with Gasteiger partial charge >= 0.3 is 6.18 Å². The number of fused-ring (bicyclic) bond motifs is 1. The number of benzene rings is 1. The van der Waals surface area contributed by atoms with Crippen LogP contribution in [0.1, 0.15) is 18.1 Å². The summed E-state index contributed by atoms with van der Waals surface area (Å²) in [5.41, 5.74) is 2.33. The Labute approximate surface area is 189 Å². The number of nitrogens with one attached hydrogen (secondary N) is 1. The highest BCUT2D eigenvalue weighted by molar-refractivity contribution is 5.86. The molecule has 0 aliphatic carbocycles. The van der Waals surface area contributed by atoms with Crippen LogP contribution in [0.2, 0.25) is 0 Å². The number of rotatable bonds is 4. The number of aromatic amines is 1. The monoisotopic (exact) mass is 452 g/mol. The summed E-state index contributed by atoms with van der Waals surface area (Å²) in [5, 5.41) is 9.67. The number of pyridine rings is 2. The lowest BCUT2D eigenvalue weighted by molar-refractivity contribution is -0.137. The Morgan fingerprint density at radius 3 is 2.70 bits per heavy atom. The van der Waals surface area contributed by atoms with Crippen LogP contribution in [-0.4, -0.2) is 50.7 Å². The van der Waals surface area contributed by atoms with E-state index in [-0.39, 0.29) is 6.04 Å². The molecule has 1 unspecified atom stereocenters. The SMILES string of the molecule is CC1CN(Cc2c[nH]nc2-c2ccc3ccncc3c2)CCN1c1ccc(C(F)(F)F)cn1. The standard InChI is InChI=1S/C24H23F3N6/c1-16-14-32(8-9-33(16)22-5-4-21(13-29-22)24(25,26)27)15-20-12-30-31-23(20)18-3-2-17-6-7-28-11-19(17)10-18/h2-7,10-13,16H,8-9,14-15H2,1H3,(H,30,31). The van der Waals surface area contributed by atoms with Crippen molar-refractivity contribution in [3.05, 3.63) is 72.3 Å². The molecular formula is C24H23F3N6. The van der Waals surface area contributed by atoms with Crippen LogP contribution in [0.5, 0.6) is 0 Å². The number of alkyl halides is 3. The molecule has 1 aliphatic heterocycles. The van der Waals surface area contributed by atoms with Gasteiger partial charge in [-0.15, -0.1) is 0 Å². The minimum atomic E-state index is -4.38. The van der Waals surface area contributed by atoms with E-state index in [0.29, 0.717) is 12.4 Å². The third kappa shape index (κ3) is 4.41. The first-order chi connectivity index (χ1) is 15.9. The summed E-state index contributed by atoms with van der Waals surface area (Å²) in [6.07, 6.45) is 2.09. The topological polar surface area (TPSA) is 60.9 Å². The van der Waals surface area contributed by atoms with Gasteiger partial charge in [-0.3, -0.25) is 15.0 Å². The van der Waals surface area contributed by atoms with Crippen LogP contribution in [0, 0.1) is 0 Å². The van der Waals surface area contributed by atoms with E-state index in [0.717, 1.165) is 59.5 Å². The summed E-state index contributed by atoms with van der Waals surface area (Å²) < 4.78 is 38.5. The second kappa shape index (κ2) is 8.47. The van der Waals surface area contributed by atoms with Crippen molar-refractivity contribution in [2.75, 3.05) is 24.5 Å². The van der Waals surface area contributed by atoms with Gasteiger partial charge in [0.25, 0.3) is 0 Å². The lowest BCUT2D eigenvalue weighted by Crippen LogP contribution is -2.51. The van der Waals surface area contributed by atoms with Crippen LogP contribution in [0.3, 0.4) is 0 Å². The number of aromatic nitrogens is 4. The fourth-order valence-corrected chi connectivity index (χ4v) is 4.40. The Balaban J connectivity index is 1.28. The molecule has 1 aromatic carbocycles. The summed E-state index contributed by atoms with van der Waals surface area (Å²) >= 11 is 0.